The first kappa shape index (κ1) is 19.6. The zero-order valence-electron chi connectivity index (χ0n) is 12.5. The second kappa shape index (κ2) is 13.6. The minimum atomic E-state index is -0.794. The van der Waals surface area contributed by atoms with Crippen molar-refractivity contribution in [3.63, 3.8) is 0 Å². The van der Waals surface area contributed by atoms with Gasteiger partial charge in [-0.2, -0.15) is 0 Å². The zero-order chi connectivity index (χ0) is 15.9. The smallest absolute Gasteiger partial charge is 0.305 e. The monoisotopic (exact) mass is 302 g/mol. The average Bonchev–Trinajstić information content (AvgIpc) is 2.46. The molecule has 6 nitrogen and oxygen atoms in total. The predicted octanol–water partition coefficient (Wildman–Crippen LogP) is 3.17. The van der Waals surface area contributed by atoms with Gasteiger partial charge in [-0.25, -0.2) is 4.89 Å². The zero-order valence-corrected chi connectivity index (χ0v) is 12.5. The summed E-state index contributed by atoms with van der Waals surface area (Å²) in [6.45, 7) is 3.89. The summed E-state index contributed by atoms with van der Waals surface area (Å²) in [5, 5.41) is 16.9. The number of esters is 1. The highest BCUT2D eigenvalue weighted by Gasteiger charge is 2.05. The molecule has 6 heteroatoms. The fraction of sp³-hybridized carbons (Fsp3) is 0.733. The van der Waals surface area contributed by atoms with Gasteiger partial charge in [-0.1, -0.05) is 18.9 Å². The summed E-state index contributed by atoms with van der Waals surface area (Å²) in [5.74, 6) is -1.01. The first-order valence-electron chi connectivity index (χ1n) is 7.40. The Morgan fingerprint density at radius 3 is 2.33 bits per heavy atom. The maximum atomic E-state index is 11.4. The van der Waals surface area contributed by atoms with Crippen molar-refractivity contribution in [2.24, 2.45) is 0 Å². The summed E-state index contributed by atoms with van der Waals surface area (Å²) in [6, 6.07) is 0. The molecule has 0 amide bonds. The first-order valence-corrected chi connectivity index (χ1v) is 7.40. The molecular weight excluding hydrogens is 276 g/mol. The van der Waals surface area contributed by atoms with Crippen LogP contribution >= 0.6 is 0 Å². The van der Waals surface area contributed by atoms with Gasteiger partial charge in [-0.3, -0.25) is 14.8 Å². The van der Waals surface area contributed by atoms with E-state index in [1.54, 1.807) is 6.08 Å². The molecule has 0 aliphatic rings. The lowest BCUT2D eigenvalue weighted by Crippen LogP contribution is -2.07. The lowest BCUT2D eigenvalue weighted by molar-refractivity contribution is -0.267. The number of rotatable bonds is 14. The topological polar surface area (TPSA) is 93.1 Å². The molecule has 0 rings (SSSR count). The van der Waals surface area contributed by atoms with Gasteiger partial charge >= 0.3 is 11.9 Å². The van der Waals surface area contributed by atoms with Crippen LogP contribution < -0.4 is 0 Å². The van der Waals surface area contributed by atoms with Crippen LogP contribution in [0.5, 0.6) is 0 Å². The Hall–Kier alpha value is -1.40. The number of carbonyl (C=O) groups excluding carboxylic acids is 1. The number of hydrogen-bond acceptors (Lipinski definition) is 5. The molecule has 0 heterocycles. The summed E-state index contributed by atoms with van der Waals surface area (Å²) in [6.07, 6.45) is 6.95. The van der Waals surface area contributed by atoms with E-state index < -0.39 is 5.97 Å². The standard InChI is InChI=1S/C15H26O6/c1-2-13(21-19)9-5-3-7-11-15(18)20-12-8-4-6-10-14(16)17/h2,13,19H,1,3-12H2,(H,16,17). The fourth-order valence-electron chi connectivity index (χ4n) is 1.82. The Kier molecular flexibility index (Phi) is 12.7. The van der Waals surface area contributed by atoms with Gasteiger partial charge in [0.2, 0.25) is 0 Å². The molecule has 0 aromatic rings. The number of carboxylic acids is 1. The third kappa shape index (κ3) is 13.3. The third-order valence-electron chi connectivity index (χ3n) is 3.07. The van der Waals surface area contributed by atoms with Gasteiger partial charge in [0, 0.05) is 12.8 Å². The van der Waals surface area contributed by atoms with Crippen molar-refractivity contribution < 1.29 is 29.6 Å². The number of unbranched alkanes of at least 4 members (excludes halogenated alkanes) is 4. The van der Waals surface area contributed by atoms with Gasteiger partial charge in [0.25, 0.3) is 0 Å². The van der Waals surface area contributed by atoms with Crippen molar-refractivity contribution >= 4 is 11.9 Å². The van der Waals surface area contributed by atoms with Gasteiger partial charge in [-0.05, 0) is 32.1 Å². The highest BCUT2D eigenvalue weighted by atomic mass is 17.1. The molecule has 0 aliphatic carbocycles. The maximum Gasteiger partial charge on any atom is 0.305 e. The van der Waals surface area contributed by atoms with E-state index in [9.17, 15) is 9.59 Å². The lowest BCUT2D eigenvalue weighted by Gasteiger charge is -2.07. The van der Waals surface area contributed by atoms with Gasteiger partial charge in [0.05, 0.1) is 6.61 Å². The molecule has 0 saturated heterocycles. The Morgan fingerprint density at radius 2 is 1.71 bits per heavy atom. The van der Waals surface area contributed by atoms with Crippen molar-refractivity contribution in [2.75, 3.05) is 6.61 Å². The van der Waals surface area contributed by atoms with Crippen LogP contribution in [0.1, 0.15) is 57.8 Å². The Labute approximate surface area is 125 Å². The largest absolute Gasteiger partial charge is 0.481 e. The summed E-state index contributed by atoms with van der Waals surface area (Å²) in [7, 11) is 0. The Bertz CT molecular complexity index is 303. The van der Waals surface area contributed by atoms with E-state index in [-0.39, 0.29) is 18.5 Å². The molecule has 1 unspecified atom stereocenters. The highest BCUT2D eigenvalue weighted by Crippen LogP contribution is 2.09. The van der Waals surface area contributed by atoms with E-state index in [1.807, 2.05) is 0 Å². The number of ether oxygens (including phenoxy) is 1. The van der Waals surface area contributed by atoms with E-state index in [2.05, 4.69) is 11.5 Å². The molecule has 0 aliphatic heterocycles. The molecule has 21 heavy (non-hydrogen) atoms. The fourth-order valence-corrected chi connectivity index (χ4v) is 1.82. The predicted molar refractivity (Wildman–Crippen MR) is 77.8 cm³/mol. The molecule has 0 bridgehead atoms. The van der Waals surface area contributed by atoms with Gasteiger partial charge in [0.15, 0.2) is 0 Å². The summed E-state index contributed by atoms with van der Waals surface area (Å²) < 4.78 is 5.05. The van der Waals surface area contributed by atoms with Crippen molar-refractivity contribution in [2.45, 2.75) is 63.9 Å². The van der Waals surface area contributed by atoms with Crippen LogP contribution in [0.25, 0.3) is 0 Å². The molecule has 0 spiro atoms. The van der Waals surface area contributed by atoms with Crippen molar-refractivity contribution in [1.29, 1.82) is 0 Å². The van der Waals surface area contributed by atoms with Crippen molar-refractivity contribution in [1.82, 2.24) is 0 Å². The summed E-state index contributed by atoms with van der Waals surface area (Å²) in [5.41, 5.74) is 0. The van der Waals surface area contributed by atoms with Gasteiger partial charge < -0.3 is 9.84 Å². The van der Waals surface area contributed by atoms with E-state index in [0.29, 0.717) is 32.3 Å². The second-order valence-corrected chi connectivity index (χ2v) is 4.90. The number of hydrogen-bond donors (Lipinski definition) is 2. The first-order chi connectivity index (χ1) is 10.1. The molecule has 0 radical (unpaired) electrons. The molecule has 0 aromatic carbocycles. The third-order valence-corrected chi connectivity index (χ3v) is 3.07. The summed E-state index contributed by atoms with van der Waals surface area (Å²) in [4.78, 5) is 25.9. The Morgan fingerprint density at radius 1 is 1.05 bits per heavy atom. The van der Waals surface area contributed by atoms with Gasteiger partial charge in [0.1, 0.15) is 6.10 Å². The SMILES string of the molecule is C=CC(CCCCCC(=O)OCCCCCC(=O)O)OO. The van der Waals surface area contributed by atoms with Crippen LogP contribution in [0.4, 0.5) is 0 Å². The minimum Gasteiger partial charge on any atom is -0.481 e. The molecular formula is C15H26O6. The minimum absolute atomic E-state index is 0.164. The van der Waals surface area contributed by atoms with Crippen LogP contribution in [0.2, 0.25) is 0 Å². The van der Waals surface area contributed by atoms with E-state index in [4.69, 9.17) is 15.1 Å². The maximum absolute atomic E-state index is 11.4. The number of carbonyl (C=O) groups is 2. The van der Waals surface area contributed by atoms with E-state index in [0.717, 1.165) is 25.7 Å². The van der Waals surface area contributed by atoms with E-state index >= 15 is 0 Å². The number of aliphatic carboxylic acids is 1. The lowest BCUT2D eigenvalue weighted by atomic mass is 10.1. The molecule has 122 valence electrons. The van der Waals surface area contributed by atoms with Crippen LogP contribution in [0.15, 0.2) is 12.7 Å². The Balaban J connectivity index is 3.34. The number of carboxylic acid groups (broad SMARTS) is 1. The molecule has 0 fully saturated rings. The van der Waals surface area contributed by atoms with Crippen LogP contribution in [0.3, 0.4) is 0 Å². The van der Waals surface area contributed by atoms with Crippen LogP contribution in [-0.2, 0) is 19.2 Å². The molecule has 1 atom stereocenters. The normalized spacial score (nSPS) is 11.9. The molecule has 0 aromatic heterocycles. The highest BCUT2D eigenvalue weighted by molar-refractivity contribution is 5.69. The summed E-state index contributed by atoms with van der Waals surface area (Å²) >= 11 is 0. The average molecular weight is 302 g/mol. The van der Waals surface area contributed by atoms with Crippen LogP contribution in [0, 0.1) is 0 Å². The van der Waals surface area contributed by atoms with Gasteiger partial charge in [-0.15, -0.1) is 6.58 Å². The van der Waals surface area contributed by atoms with Crippen molar-refractivity contribution in [3.05, 3.63) is 12.7 Å². The van der Waals surface area contributed by atoms with Crippen molar-refractivity contribution in [3.8, 4) is 0 Å². The molecule has 0 saturated carbocycles. The quantitative estimate of drug-likeness (QED) is 0.168. The molecule has 2 N–H and O–H groups in total. The second-order valence-electron chi connectivity index (χ2n) is 4.90. The van der Waals surface area contributed by atoms with Crippen LogP contribution in [-0.4, -0.2) is 35.0 Å². The van der Waals surface area contributed by atoms with E-state index in [1.165, 1.54) is 0 Å².